The van der Waals surface area contributed by atoms with Crippen LogP contribution >= 0.6 is 0 Å². The summed E-state index contributed by atoms with van der Waals surface area (Å²) in [7, 11) is 5.41. The molecule has 0 amide bonds. The van der Waals surface area contributed by atoms with Gasteiger partial charge in [-0.25, -0.2) is 0 Å². The van der Waals surface area contributed by atoms with Gasteiger partial charge in [0.15, 0.2) is 6.10 Å². The number of hydrogen-bond acceptors (Lipinski definition) is 7. The van der Waals surface area contributed by atoms with E-state index in [0.717, 1.165) is 51.4 Å². The molecule has 0 fully saturated rings. The van der Waals surface area contributed by atoms with Crippen molar-refractivity contribution in [2.24, 2.45) is 0 Å². The Labute approximate surface area is 358 Å². The van der Waals surface area contributed by atoms with Gasteiger partial charge in [-0.1, -0.05) is 186 Å². The van der Waals surface area contributed by atoms with Crippen LogP contribution in [0.4, 0.5) is 0 Å². The molecule has 0 aromatic rings. The molecule has 0 aromatic heterocycles. The fourth-order valence-electron chi connectivity index (χ4n) is 7.28. The zero-order valence-corrected chi connectivity index (χ0v) is 38.7. The van der Waals surface area contributed by atoms with Crippen LogP contribution in [0.5, 0.6) is 0 Å². The van der Waals surface area contributed by atoms with Crippen molar-refractivity contribution in [2.75, 3.05) is 41.0 Å². The highest BCUT2D eigenvalue weighted by Gasteiger charge is 2.25. The average Bonchev–Trinajstić information content (AvgIpc) is 3.18. The third kappa shape index (κ3) is 39.3. The molecule has 0 radical (unpaired) electrons. The van der Waals surface area contributed by atoms with Crippen molar-refractivity contribution in [3.63, 3.8) is 0 Å². The van der Waals surface area contributed by atoms with E-state index < -0.39 is 18.1 Å². The van der Waals surface area contributed by atoms with Gasteiger partial charge in [-0.3, -0.25) is 9.59 Å². The van der Waals surface area contributed by atoms with Gasteiger partial charge in [-0.2, -0.15) is 0 Å². The molecule has 2 atom stereocenters. The van der Waals surface area contributed by atoms with Crippen molar-refractivity contribution in [3.8, 4) is 0 Å². The number of carboxylic acids is 1. The van der Waals surface area contributed by atoms with Crippen LogP contribution < -0.4 is 5.11 Å². The van der Waals surface area contributed by atoms with Crippen LogP contribution in [0, 0.1) is 0 Å². The molecule has 0 heterocycles. The molecule has 0 aliphatic carbocycles. The van der Waals surface area contributed by atoms with Crippen molar-refractivity contribution >= 4 is 17.9 Å². The molecular formula is C50H93NO7. The van der Waals surface area contributed by atoms with Gasteiger partial charge in [0.2, 0.25) is 0 Å². The Morgan fingerprint density at radius 2 is 0.914 bits per heavy atom. The van der Waals surface area contributed by atoms with Gasteiger partial charge in [0.25, 0.3) is 0 Å². The van der Waals surface area contributed by atoms with Crippen LogP contribution in [-0.4, -0.2) is 75.5 Å². The Morgan fingerprint density at radius 3 is 1.33 bits per heavy atom. The lowest BCUT2D eigenvalue weighted by Crippen LogP contribution is -2.55. The van der Waals surface area contributed by atoms with Crippen LogP contribution in [0.25, 0.3) is 0 Å². The Kier molecular flexibility index (Phi) is 40.0. The standard InChI is InChI=1S/C50H93NO7/c1-6-8-10-12-14-16-18-19-20-21-22-23-24-25-26-27-28-29-31-32-34-36-38-40-48(52)57-45-46(44-56-43-42-47(50(54)55)51(3,4)5)58-49(53)41-39-37-35-33-30-17-15-13-11-9-7-2/h22-23,25-26,46-47H,6-21,24,27-45H2,1-5H3/b23-22+,26-25+. The summed E-state index contributed by atoms with van der Waals surface area (Å²) in [6.07, 6.45) is 46.4. The summed E-state index contributed by atoms with van der Waals surface area (Å²) in [5.74, 6) is -1.73. The molecule has 2 unspecified atom stereocenters. The molecule has 0 aliphatic rings. The number of nitrogens with zero attached hydrogens (tertiary/aromatic N) is 1. The number of rotatable bonds is 44. The largest absolute Gasteiger partial charge is 0.544 e. The van der Waals surface area contributed by atoms with Crippen molar-refractivity contribution < 1.29 is 38.2 Å². The van der Waals surface area contributed by atoms with Crippen LogP contribution in [0.2, 0.25) is 0 Å². The third-order valence-corrected chi connectivity index (χ3v) is 11.1. The second-order valence-electron chi connectivity index (χ2n) is 17.7. The van der Waals surface area contributed by atoms with E-state index >= 15 is 0 Å². The number of aliphatic carboxylic acids is 1. The highest BCUT2D eigenvalue weighted by atomic mass is 16.6. The van der Waals surface area contributed by atoms with Gasteiger partial charge in [0, 0.05) is 19.3 Å². The van der Waals surface area contributed by atoms with Gasteiger partial charge in [-0.05, 0) is 44.9 Å². The predicted octanol–water partition coefficient (Wildman–Crippen LogP) is 12.3. The van der Waals surface area contributed by atoms with Crippen LogP contribution in [0.1, 0.15) is 226 Å². The molecule has 0 spiro atoms. The van der Waals surface area contributed by atoms with Crippen LogP contribution in [0.3, 0.4) is 0 Å². The number of ether oxygens (including phenoxy) is 3. The number of quaternary nitrogens is 1. The topological polar surface area (TPSA) is 102 Å². The second kappa shape index (κ2) is 41.5. The normalized spacial score (nSPS) is 13.1. The van der Waals surface area contributed by atoms with Crippen molar-refractivity contribution in [3.05, 3.63) is 24.3 Å². The summed E-state index contributed by atoms with van der Waals surface area (Å²) in [5.41, 5.74) is 0. The first-order valence-corrected chi connectivity index (χ1v) is 24.4. The van der Waals surface area contributed by atoms with Gasteiger partial charge in [0.05, 0.1) is 40.3 Å². The molecule has 0 saturated carbocycles. The molecule has 0 rings (SSSR count). The molecule has 0 aromatic carbocycles. The Hall–Kier alpha value is -2.19. The minimum absolute atomic E-state index is 0.0421. The van der Waals surface area contributed by atoms with E-state index in [1.165, 1.54) is 141 Å². The summed E-state index contributed by atoms with van der Waals surface area (Å²) in [6, 6.07) is -0.724. The number of esters is 2. The van der Waals surface area contributed by atoms with Crippen molar-refractivity contribution in [1.82, 2.24) is 0 Å². The average molecular weight is 820 g/mol. The summed E-state index contributed by atoms with van der Waals surface area (Å²) in [5, 5.41) is 11.6. The molecule has 0 bridgehead atoms. The molecule has 58 heavy (non-hydrogen) atoms. The summed E-state index contributed by atoms with van der Waals surface area (Å²) >= 11 is 0. The second-order valence-corrected chi connectivity index (χ2v) is 17.7. The van der Waals surface area contributed by atoms with Crippen LogP contribution in [-0.2, 0) is 28.6 Å². The number of allylic oxidation sites excluding steroid dienone is 4. The maximum absolute atomic E-state index is 12.7. The molecule has 8 heteroatoms. The van der Waals surface area contributed by atoms with E-state index in [1.54, 1.807) is 21.1 Å². The Balaban J connectivity index is 4.18. The van der Waals surface area contributed by atoms with Gasteiger partial charge >= 0.3 is 11.9 Å². The zero-order valence-electron chi connectivity index (χ0n) is 38.7. The van der Waals surface area contributed by atoms with Crippen molar-refractivity contribution in [2.45, 2.75) is 238 Å². The molecule has 340 valence electrons. The predicted molar refractivity (Wildman–Crippen MR) is 240 cm³/mol. The van der Waals surface area contributed by atoms with Gasteiger partial charge in [0.1, 0.15) is 12.6 Å². The maximum Gasteiger partial charge on any atom is 0.306 e. The zero-order chi connectivity index (χ0) is 42.8. The minimum Gasteiger partial charge on any atom is -0.544 e. The Morgan fingerprint density at radius 1 is 0.517 bits per heavy atom. The van der Waals surface area contributed by atoms with Crippen LogP contribution in [0.15, 0.2) is 24.3 Å². The third-order valence-electron chi connectivity index (χ3n) is 11.1. The summed E-state index contributed by atoms with van der Waals surface area (Å²) in [6.45, 7) is 4.67. The van der Waals surface area contributed by atoms with E-state index in [-0.39, 0.29) is 42.7 Å². The lowest BCUT2D eigenvalue weighted by atomic mass is 10.1. The fourth-order valence-corrected chi connectivity index (χ4v) is 7.28. The summed E-state index contributed by atoms with van der Waals surface area (Å²) in [4.78, 5) is 36.9. The first-order valence-electron chi connectivity index (χ1n) is 24.4. The SMILES string of the molecule is CCCCCCCCCCC/C=C/C/C=C/CCCCCCCCCC(=O)OCC(COCCC(C(=O)[O-])[N+](C)(C)C)OC(=O)CCCCCCCCCCCCC. The highest BCUT2D eigenvalue weighted by Crippen LogP contribution is 2.15. The number of carbonyl (C=O) groups is 3. The first-order chi connectivity index (χ1) is 28.1. The molecule has 0 aliphatic heterocycles. The monoisotopic (exact) mass is 820 g/mol. The van der Waals surface area contributed by atoms with Gasteiger partial charge < -0.3 is 28.6 Å². The number of unbranched alkanes of at least 4 members (excludes halogenated alkanes) is 26. The lowest BCUT2D eigenvalue weighted by Gasteiger charge is -2.34. The van der Waals surface area contributed by atoms with Gasteiger partial charge in [-0.15, -0.1) is 0 Å². The van der Waals surface area contributed by atoms with E-state index in [0.29, 0.717) is 12.8 Å². The summed E-state index contributed by atoms with van der Waals surface area (Å²) < 4.78 is 17.2. The van der Waals surface area contributed by atoms with E-state index in [2.05, 4.69) is 38.2 Å². The van der Waals surface area contributed by atoms with E-state index in [4.69, 9.17) is 14.2 Å². The number of carboxylic acid groups (broad SMARTS) is 1. The van der Waals surface area contributed by atoms with E-state index in [9.17, 15) is 19.5 Å². The van der Waals surface area contributed by atoms with E-state index in [1.807, 2.05) is 0 Å². The molecule has 0 N–H and O–H groups in total. The van der Waals surface area contributed by atoms with Crippen molar-refractivity contribution in [1.29, 1.82) is 0 Å². The number of carbonyl (C=O) groups excluding carboxylic acids is 3. The molecule has 0 saturated heterocycles. The minimum atomic E-state index is -1.12. The molecule has 8 nitrogen and oxygen atoms in total. The number of hydrogen-bond donors (Lipinski definition) is 0. The lowest BCUT2D eigenvalue weighted by molar-refractivity contribution is -0.889. The fraction of sp³-hybridized carbons (Fsp3) is 0.860. The number of likely N-dealkylation sites (N-methyl/N-ethyl adjacent to an activating group) is 1. The Bertz CT molecular complexity index is 1000. The highest BCUT2D eigenvalue weighted by molar-refractivity contribution is 5.70. The first kappa shape index (κ1) is 55.8. The maximum atomic E-state index is 12.7. The molecular weight excluding hydrogens is 727 g/mol. The quantitative estimate of drug-likeness (QED) is 0.0261. The smallest absolute Gasteiger partial charge is 0.306 e.